The molecule has 118 valence electrons. The predicted octanol–water partition coefficient (Wildman–Crippen LogP) is 2.19. The molecule has 0 aliphatic carbocycles. The molecule has 22 heavy (non-hydrogen) atoms. The van der Waals surface area contributed by atoms with Crippen LogP contribution in [0.1, 0.15) is 18.5 Å². The Kier molecular flexibility index (Phi) is 4.88. The Morgan fingerprint density at radius 2 is 2.00 bits per heavy atom. The highest BCUT2D eigenvalue weighted by molar-refractivity contribution is 6.31. The summed E-state index contributed by atoms with van der Waals surface area (Å²) in [5.41, 5.74) is 0.752. The van der Waals surface area contributed by atoms with Gasteiger partial charge >= 0.3 is 0 Å². The van der Waals surface area contributed by atoms with Crippen molar-refractivity contribution in [1.82, 2.24) is 9.80 Å². The van der Waals surface area contributed by atoms with E-state index in [-0.39, 0.29) is 11.4 Å². The van der Waals surface area contributed by atoms with Gasteiger partial charge in [0.2, 0.25) is 0 Å². The van der Waals surface area contributed by atoms with Crippen LogP contribution < -0.4 is 0 Å². The highest BCUT2D eigenvalue weighted by atomic mass is 35.5. The molecular weight excluding hydrogens is 304 g/mol. The second kappa shape index (κ2) is 6.50. The number of benzene rings is 1. The molecule has 1 aliphatic heterocycles. The minimum atomic E-state index is -0.640. The molecule has 1 amide bonds. The van der Waals surface area contributed by atoms with Gasteiger partial charge in [-0.1, -0.05) is 29.8 Å². The first-order valence-corrected chi connectivity index (χ1v) is 7.36. The number of carbonyl (C=O) groups excluding carboxylic acids is 2. The molecule has 1 aromatic carbocycles. The molecule has 0 radical (unpaired) electrons. The lowest BCUT2D eigenvalue weighted by atomic mass is 9.96. The zero-order valence-corrected chi connectivity index (χ0v) is 13.6. The van der Waals surface area contributed by atoms with Crippen LogP contribution in [0, 0.1) is 0 Å². The van der Waals surface area contributed by atoms with Gasteiger partial charge in [0.25, 0.3) is 5.91 Å². The topological polar surface area (TPSA) is 60.9 Å². The molecule has 1 heterocycles. The molecule has 1 atom stereocenters. The average Bonchev–Trinajstić information content (AvgIpc) is 2.69. The number of likely N-dealkylation sites (N-methyl/N-ethyl adjacent to an activating group) is 1. The van der Waals surface area contributed by atoms with Crippen molar-refractivity contribution in [3.8, 4) is 0 Å². The van der Waals surface area contributed by atoms with Crippen LogP contribution in [0.2, 0.25) is 5.02 Å². The summed E-state index contributed by atoms with van der Waals surface area (Å²) in [7, 11) is 3.79. The lowest BCUT2D eigenvalue weighted by Gasteiger charge is -2.28. The van der Waals surface area contributed by atoms with Crippen molar-refractivity contribution >= 4 is 23.3 Å². The van der Waals surface area contributed by atoms with Gasteiger partial charge in [-0.15, -0.1) is 0 Å². The van der Waals surface area contributed by atoms with Crippen molar-refractivity contribution < 1.29 is 14.7 Å². The summed E-state index contributed by atoms with van der Waals surface area (Å²) >= 11 is 6.23. The predicted molar refractivity (Wildman–Crippen MR) is 84.8 cm³/mol. The lowest BCUT2D eigenvalue weighted by Crippen LogP contribution is -2.36. The molecule has 0 saturated carbocycles. The molecule has 1 aromatic rings. The average molecular weight is 323 g/mol. The van der Waals surface area contributed by atoms with Gasteiger partial charge in [0, 0.05) is 18.1 Å². The van der Waals surface area contributed by atoms with Crippen LogP contribution in [0.5, 0.6) is 0 Å². The number of aliphatic hydroxyl groups is 1. The van der Waals surface area contributed by atoms with E-state index in [1.165, 1.54) is 11.8 Å². The number of Topliss-reactive ketones (excluding diaryl/α,β-unsaturated/α-hetero) is 1. The van der Waals surface area contributed by atoms with E-state index in [4.69, 9.17) is 11.6 Å². The summed E-state index contributed by atoms with van der Waals surface area (Å²) < 4.78 is 0. The van der Waals surface area contributed by atoms with Crippen LogP contribution in [0.3, 0.4) is 0 Å². The smallest absolute Gasteiger partial charge is 0.290 e. The third-order valence-corrected chi connectivity index (χ3v) is 4.02. The zero-order valence-electron chi connectivity index (χ0n) is 12.8. The van der Waals surface area contributed by atoms with E-state index in [0.717, 1.165) is 0 Å². The second-order valence-corrected chi connectivity index (χ2v) is 5.95. The van der Waals surface area contributed by atoms with E-state index in [1.807, 2.05) is 19.0 Å². The molecule has 0 spiro atoms. The van der Waals surface area contributed by atoms with Crippen molar-refractivity contribution in [2.24, 2.45) is 0 Å². The van der Waals surface area contributed by atoms with E-state index in [0.29, 0.717) is 23.7 Å². The summed E-state index contributed by atoms with van der Waals surface area (Å²) in [5, 5.41) is 10.6. The number of hydrogen-bond donors (Lipinski definition) is 1. The molecule has 0 bridgehead atoms. The van der Waals surface area contributed by atoms with Crippen molar-refractivity contribution in [3.63, 3.8) is 0 Å². The third-order valence-electron chi connectivity index (χ3n) is 3.67. The standard InChI is InChI=1S/C16H19ClN2O3/c1-10(20)13-14(11-6-4-5-7-12(11)17)19(9-8-18(2)3)16(22)15(13)21/h4-7,14,21H,8-9H2,1-3H3/t14-/m0/s1. The number of halogens is 1. The molecule has 1 aliphatic rings. The summed E-state index contributed by atoms with van der Waals surface area (Å²) in [6.45, 7) is 2.35. The number of hydrogen-bond acceptors (Lipinski definition) is 4. The quantitative estimate of drug-likeness (QED) is 0.902. The van der Waals surface area contributed by atoms with Gasteiger partial charge < -0.3 is 14.9 Å². The van der Waals surface area contributed by atoms with Crippen LogP contribution in [-0.2, 0) is 9.59 Å². The van der Waals surface area contributed by atoms with Crippen LogP contribution >= 0.6 is 11.6 Å². The molecule has 2 rings (SSSR count). The molecule has 0 fully saturated rings. The highest BCUT2D eigenvalue weighted by Crippen LogP contribution is 2.40. The minimum absolute atomic E-state index is 0.108. The van der Waals surface area contributed by atoms with Crippen LogP contribution in [0.4, 0.5) is 0 Å². The van der Waals surface area contributed by atoms with Gasteiger partial charge in [0.15, 0.2) is 11.5 Å². The molecule has 5 nitrogen and oxygen atoms in total. The van der Waals surface area contributed by atoms with Crippen molar-refractivity contribution in [3.05, 3.63) is 46.2 Å². The van der Waals surface area contributed by atoms with Crippen LogP contribution in [0.15, 0.2) is 35.6 Å². The first kappa shape index (κ1) is 16.5. The summed E-state index contributed by atoms with van der Waals surface area (Å²) in [6, 6.07) is 6.41. The van der Waals surface area contributed by atoms with Gasteiger partial charge in [-0.3, -0.25) is 9.59 Å². The summed E-state index contributed by atoms with van der Waals surface area (Å²) in [6.07, 6.45) is 0. The van der Waals surface area contributed by atoms with E-state index >= 15 is 0 Å². The van der Waals surface area contributed by atoms with Gasteiger partial charge in [-0.05, 0) is 32.6 Å². The summed E-state index contributed by atoms with van der Waals surface area (Å²) in [5.74, 6) is -1.34. The van der Waals surface area contributed by atoms with Crippen molar-refractivity contribution in [2.75, 3.05) is 27.2 Å². The van der Waals surface area contributed by atoms with E-state index in [2.05, 4.69) is 0 Å². The number of nitrogens with zero attached hydrogens (tertiary/aromatic N) is 2. The fourth-order valence-electron chi connectivity index (χ4n) is 2.57. The van der Waals surface area contributed by atoms with E-state index in [9.17, 15) is 14.7 Å². The Labute approximate surface area is 134 Å². The molecule has 1 N–H and O–H groups in total. The Balaban J connectivity index is 2.48. The van der Waals surface area contributed by atoms with Gasteiger partial charge in [-0.2, -0.15) is 0 Å². The molecule has 0 unspecified atom stereocenters. The number of carbonyl (C=O) groups is 2. The fourth-order valence-corrected chi connectivity index (χ4v) is 2.81. The van der Waals surface area contributed by atoms with Crippen molar-refractivity contribution in [1.29, 1.82) is 0 Å². The maximum Gasteiger partial charge on any atom is 0.290 e. The Morgan fingerprint density at radius 3 is 2.55 bits per heavy atom. The molecule has 6 heteroatoms. The third kappa shape index (κ3) is 3.00. The van der Waals surface area contributed by atoms with Gasteiger partial charge in [0.1, 0.15) is 0 Å². The lowest BCUT2D eigenvalue weighted by molar-refractivity contribution is -0.129. The SMILES string of the molecule is CC(=O)C1=C(O)C(=O)N(CCN(C)C)[C@H]1c1ccccc1Cl. The maximum absolute atomic E-state index is 12.3. The van der Waals surface area contributed by atoms with Gasteiger partial charge in [0.05, 0.1) is 11.6 Å². The number of amides is 1. The number of rotatable bonds is 5. The molecular formula is C16H19ClN2O3. The van der Waals surface area contributed by atoms with E-state index in [1.54, 1.807) is 24.3 Å². The largest absolute Gasteiger partial charge is 0.503 e. The minimum Gasteiger partial charge on any atom is -0.503 e. The number of ketones is 1. The summed E-state index contributed by atoms with van der Waals surface area (Å²) in [4.78, 5) is 27.7. The van der Waals surface area contributed by atoms with E-state index < -0.39 is 17.7 Å². The monoisotopic (exact) mass is 322 g/mol. The van der Waals surface area contributed by atoms with Crippen molar-refractivity contribution in [2.45, 2.75) is 13.0 Å². The maximum atomic E-state index is 12.3. The van der Waals surface area contributed by atoms with Crippen LogP contribution in [0.25, 0.3) is 0 Å². The Morgan fingerprint density at radius 1 is 1.36 bits per heavy atom. The van der Waals surface area contributed by atoms with Crippen LogP contribution in [-0.4, -0.2) is 53.8 Å². The highest BCUT2D eigenvalue weighted by Gasteiger charge is 2.42. The first-order chi connectivity index (χ1) is 10.3. The first-order valence-electron chi connectivity index (χ1n) is 6.98. The molecule has 0 saturated heterocycles. The zero-order chi connectivity index (χ0) is 16.4. The fraction of sp³-hybridized carbons (Fsp3) is 0.375. The second-order valence-electron chi connectivity index (χ2n) is 5.54. The Bertz CT molecular complexity index is 640. The van der Waals surface area contributed by atoms with Gasteiger partial charge in [-0.25, -0.2) is 0 Å². The Hall–Kier alpha value is -1.85. The molecule has 0 aromatic heterocycles. The number of aliphatic hydroxyl groups excluding tert-OH is 1. The normalized spacial score (nSPS) is 18.5.